The van der Waals surface area contributed by atoms with Crippen molar-refractivity contribution in [1.82, 2.24) is 9.97 Å². The monoisotopic (exact) mass is 219 g/mol. The summed E-state index contributed by atoms with van der Waals surface area (Å²) in [5, 5.41) is 4.26. The number of aromatic nitrogens is 2. The van der Waals surface area contributed by atoms with E-state index in [-0.39, 0.29) is 0 Å². The lowest BCUT2D eigenvalue weighted by atomic mass is 10.2. The van der Waals surface area contributed by atoms with E-state index in [1.165, 1.54) is 10.4 Å². The predicted molar refractivity (Wildman–Crippen MR) is 64.1 cm³/mol. The summed E-state index contributed by atoms with van der Waals surface area (Å²) in [6.45, 7) is 4.21. The quantitative estimate of drug-likeness (QED) is 0.862. The third-order valence-corrected chi connectivity index (χ3v) is 2.86. The van der Waals surface area contributed by atoms with Crippen LogP contribution >= 0.6 is 11.3 Å². The van der Waals surface area contributed by atoms with Crippen molar-refractivity contribution >= 4 is 16.5 Å². The van der Waals surface area contributed by atoms with Gasteiger partial charge < -0.3 is 5.32 Å². The van der Waals surface area contributed by atoms with Gasteiger partial charge in [-0.3, -0.25) is 4.98 Å². The number of rotatable bonds is 3. The Labute approximate surface area is 93.2 Å². The molecular weight excluding hydrogens is 206 g/mol. The summed E-state index contributed by atoms with van der Waals surface area (Å²) in [6.07, 6.45) is 5.49. The molecule has 0 spiro atoms. The third kappa shape index (κ3) is 2.53. The number of hydrogen-bond acceptors (Lipinski definition) is 4. The summed E-state index contributed by atoms with van der Waals surface area (Å²) in [5.74, 6) is 0. The topological polar surface area (TPSA) is 37.8 Å². The first-order valence-corrected chi connectivity index (χ1v) is 5.70. The van der Waals surface area contributed by atoms with Gasteiger partial charge >= 0.3 is 0 Å². The van der Waals surface area contributed by atoms with Crippen LogP contribution in [0.25, 0.3) is 10.4 Å². The van der Waals surface area contributed by atoms with Gasteiger partial charge in [0.05, 0.1) is 4.88 Å². The molecule has 15 heavy (non-hydrogen) atoms. The van der Waals surface area contributed by atoms with Crippen LogP contribution in [0.2, 0.25) is 0 Å². The van der Waals surface area contributed by atoms with E-state index in [4.69, 9.17) is 0 Å². The summed E-state index contributed by atoms with van der Waals surface area (Å²) in [4.78, 5) is 9.48. The second kappa shape index (κ2) is 4.40. The first kappa shape index (κ1) is 10.1. The van der Waals surface area contributed by atoms with E-state index in [0.717, 1.165) is 5.13 Å². The van der Waals surface area contributed by atoms with E-state index in [1.54, 1.807) is 23.7 Å². The number of nitrogens with zero attached hydrogens (tertiary/aromatic N) is 2. The molecule has 0 amide bonds. The molecule has 0 aromatic carbocycles. The fraction of sp³-hybridized carbons (Fsp3) is 0.273. The Kier molecular flexibility index (Phi) is 2.97. The molecular formula is C11H13N3S. The number of hydrogen-bond donors (Lipinski definition) is 1. The Morgan fingerprint density at radius 1 is 1.27 bits per heavy atom. The molecule has 0 unspecified atom stereocenters. The molecule has 0 bridgehead atoms. The largest absolute Gasteiger partial charge is 0.359 e. The lowest BCUT2D eigenvalue weighted by molar-refractivity contribution is 0.896. The fourth-order valence-corrected chi connectivity index (χ4v) is 2.21. The maximum absolute atomic E-state index is 4.32. The number of pyridine rings is 1. The maximum Gasteiger partial charge on any atom is 0.183 e. The molecule has 3 nitrogen and oxygen atoms in total. The molecule has 2 aromatic heterocycles. The van der Waals surface area contributed by atoms with E-state index in [0.29, 0.717) is 6.04 Å². The van der Waals surface area contributed by atoms with Gasteiger partial charge in [-0.25, -0.2) is 4.98 Å². The molecule has 0 fully saturated rings. The molecule has 1 N–H and O–H groups in total. The zero-order valence-corrected chi connectivity index (χ0v) is 9.58. The zero-order chi connectivity index (χ0) is 10.7. The second-order valence-corrected chi connectivity index (χ2v) is 4.60. The number of nitrogens with one attached hydrogen (secondary N) is 1. The zero-order valence-electron chi connectivity index (χ0n) is 8.77. The van der Waals surface area contributed by atoms with E-state index >= 15 is 0 Å². The highest BCUT2D eigenvalue weighted by Gasteiger charge is 2.04. The van der Waals surface area contributed by atoms with Gasteiger partial charge in [-0.05, 0) is 31.5 Å². The van der Waals surface area contributed by atoms with Crippen molar-refractivity contribution in [1.29, 1.82) is 0 Å². The first-order valence-electron chi connectivity index (χ1n) is 4.88. The minimum atomic E-state index is 0.418. The Bertz CT molecular complexity index is 422. The van der Waals surface area contributed by atoms with Crippen LogP contribution in [0.3, 0.4) is 0 Å². The van der Waals surface area contributed by atoms with Crippen LogP contribution in [-0.2, 0) is 0 Å². The normalized spacial score (nSPS) is 10.6. The molecule has 2 aromatic rings. The third-order valence-electron chi connectivity index (χ3n) is 1.88. The average Bonchev–Trinajstić information content (AvgIpc) is 2.67. The van der Waals surface area contributed by atoms with Gasteiger partial charge in [-0.2, -0.15) is 0 Å². The van der Waals surface area contributed by atoms with Gasteiger partial charge in [-0.15, -0.1) is 0 Å². The lowest BCUT2D eigenvalue weighted by Gasteiger charge is -2.04. The number of anilines is 1. The highest BCUT2D eigenvalue weighted by Crippen LogP contribution is 2.28. The molecule has 0 aliphatic heterocycles. The predicted octanol–water partition coefficient (Wildman–Crippen LogP) is 3.03. The van der Waals surface area contributed by atoms with Crippen molar-refractivity contribution in [3.8, 4) is 10.4 Å². The molecule has 0 saturated carbocycles. The Morgan fingerprint density at radius 2 is 2.00 bits per heavy atom. The molecule has 0 aliphatic rings. The Balaban J connectivity index is 2.21. The van der Waals surface area contributed by atoms with Gasteiger partial charge in [-0.1, -0.05) is 11.3 Å². The molecule has 0 aliphatic carbocycles. The summed E-state index contributed by atoms with van der Waals surface area (Å²) < 4.78 is 0. The minimum Gasteiger partial charge on any atom is -0.359 e. The van der Waals surface area contributed by atoms with Crippen molar-refractivity contribution in [2.45, 2.75) is 19.9 Å². The summed E-state index contributed by atoms with van der Waals surface area (Å²) in [7, 11) is 0. The van der Waals surface area contributed by atoms with E-state index in [9.17, 15) is 0 Å². The molecule has 0 radical (unpaired) electrons. The Morgan fingerprint density at radius 3 is 2.67 bits per heavy atom. The smallest absolute Gasteiger partial charge is 0.183 e. The maximum atomic E-state index is 4.32. The molecule has 4 heteroatoms. The summed E-state index contributed by atoms with van der Waals surface area (Å²) in [6, 6.07) is 4.40. The molecule has 0 atom stereocenters. The van der Waals surface area contributed by atoms with E-state index in [2.05, 4.69) is 29.1 Å². The van der Waals surface area contributed by atoms with Crippen LogP contribution in [0.1, 0.15) is 13.8 Å². The molecule has 0 saturated heterocycles. The SMILES string of the molecule is CC(C)Nc1ncc(-c2ccncc2)s1. The second-order valence-electron chi connectivity index (χ2n) is 3.56. The van der Waals surface area contributed by atoms with E-state index < -0.39 is 0 Å². The van der Waals surface area contributed by atoms with E-state index in [1.807, 2.05) is 18.3 Å². The highest BCUT2D eigenvalue weighted by molar-refractivity contribution is 7.18. The summed E-state index contributed by atoms with van der Waals surface area (Å²) in [5.41, 5.74) is 1.17. The molecule has 2 heterocycles. The van der Waals surface area contributed by atoms with Crippen molar-refractivity contribution in [2.24, 2.45) is 0 Å². The van der Waals surface area contributed by atoms with Crippen LogP contribution in [-0.4, -0.2) is 16.0 Å². The summed E-state index contributed by atoms with van der Waals surface area (Å²) >= 11 is 1.66. The van der Waals surface area contributed by atoms with Crippen LogP contribution in [0, 0.1) is 0 Å². The standard InChI is InChI=1S/C11H13N3S/c1-8(2)14-11-13-7-10(15-11)9-3-5-12-6-4-9/h3-8H,1-2H3,(H,13,14). The van der Waals surface area contributed by atoms with Crippen molar-refractivity contribution in [3.63, 3.8) is 0 Å². The van der Waals surface area contributed by atoms with Gasteiger partial charge in [0.15, 0.2) is 5.13 Å². The van der Waals surface area contributed by atoms with Gasteiger partial charge in [0.25, 0.3) is 0 Å². The average molecular weight is 219 g/mol. The van der Waals surface area contributed by atoms with Crippen molar-refractivity contribution < 1.29 is 0 Å². The lowest BCUT2D eigenvalue weighted by Crippen LogP contribution is -2.08. The minimum absolute atomic E-state index is 0.418. The fourth-order valence-electron chi connectivity index (χ4n) is 1.24. The van der Waals surface area contributed by atoms with Gasteiger partial charge in [0.2, 0.25) is 0 Å². The van der Waals surface area contributed by atoms with Crippen LogP contribution < -0.4 is 5.32 Å². The van der Waals surface area contributed by atoms with Gasteiger partial charge in [0, 0.05) is 24.6 Å². The van der Waals surface area contributed by atoms with Crippen LogP contribution in [0.15, 0.2) is 30.7 Å². The van der Waals surface area contributed by atoms with Gasteiger partial charge in [0.1, 0.15) is 0 Å². The van der Waals surface area contributed by atoms with Crippen LogP contribution in [0.4, 0.5) is 5.13 Å². The highest BCUT2D eigenvalue weighted by atomic mass is 32.1. The molecule has 2 rings (SSSR count). The van der Waals surface area contributed by atoms with Crippen molar-refractivity contribution in [2.75, 3.05) is 5.32 Å². The van der Waals surface area contributed by atoms with Crippen molar-refractivity contribution in [3.05, 3.63) is 30.7 Å². The van der Waals surface area contributed by atoms with Crippen LogP contribution in [0.5, 0.6) is 0 Å². The number of thiazole rings is 1. The molecule has 78 valence electrons. The first-order chi connectivity index (χ1) is 7.25. The Hall–Kier alpha value is -1.42.